The van der Waals surface area contributed by atoms with Gasteiger partial charge in [0.15, 0.2) is 5.65 Å². The van der Waals surface area contributed by atoms with Crippen LogP contribution in [0.2, 0.25) is 0 Å². The number of hydrogen-bond donors (Lipinski definition) is 2. The molecule has 0 aliphatic heterocycles. The van der Waals surface area contributed by atoms with E-state index in [0.717, 1.165) is 78.1 Å². The molecule has 4 rings (SSSR count). The number of benzene rings is 2. The molecule has 0 saturated carbocycles. The van der Waals surface area contributed by atoms with Crippen molar-refractivity contribution in [3.63, 3.8) is 0 Å². The van der Waals surface area contributed by atoms with Gasteiger partial charge in [0.2, 0.25) is 0 Å². The third-order valence-electron chi connectivity index (χ3n) is 5.95. The molecule has 7 heteroatoms. The molecule has 2 N–H and O–H groups in total. The van der Waals surface area contributed by atoms with Crippen LogP contribution in [-0.4, -0.2) is 32.3 Å². The van der Waals surface area contributed by atoms with E-state index in [4.69, 9.17) is 19.8 Å². The fourth-order valence-electron chi connectivity index (χ4n) is 4.09. The second kappa shape index (κ2) is 11.5. The van der Waals surface area contributed by atoms with Crippen LogP contribution < -0.4 is 10.1 Å². The number of hydrogen-bond acceptors (Lipinski definition) is 5. The largest absolute Gasteiger partial charge is 0.511 e. The lowest BCUT2D eigenvalue weighted by atomic mass is 10.0. The predicted molar refractivity (Wildman–Crippen MR) is 139 cm³/mol. The van der Waals surface area contributed by atoms with Gasteiger partial charge in [-0.05, 0) is 42.2 Å². The number of nitrogens with zero attached hydrogens (tertiary/aromatic N) is 3. The number of nitrogens with one attached hydrogen (secondary N) is 1. The van der Waals surface area contributed by atoms with Gasteiger partial charge in [-0.15, -0.1) is 0 Å². The van der Waals surface area contributed by atoms with Crippen molar-refractivity contribution < 1.29 is 14.6 Å². The number of anilines is 1. The zero-order chi connectivity index (χ0) is 24.6. The van der Waals surface area contributed by atoms with E-state index in [1.165, 1.54) is 0 Å². The van der Waals surface area contributed by atoms with E-state index in [0.29, 0.717) is 12.3 Å². The van der Waals surface area contributed by atoms with Crippen LogP contribution >= 0.6 is 0 Å². The monoisotopic (exact) mass is 472 g/mol. The van der Waals surface area contributed by atoms with Crippen molar-refractivity contribution in [3.8, 4) is 16.9 Å². The van der Waals surface area contributed by atoms with E-state index in [1.54, 1.807) is 12.1 Å². The topological polar surface area (TPSA) is 89.3 Å². The van der Waals surface area contributed by atoms with Gasteiger partial charge in [0.1, 0.15) is 22.9 Å². The van der Waals surface area contributed by atoms with Crippen LogP contribution in [0.3, 0.4) is 0 Å². The lowest BCUT2D eigenvalue weighted by Gasteiger charge is -2.12. The highest BCUT2D eigenvalue weighted by atomic mass is 16.7. The van der Waals surface area contributed by atoms with Crippen LogP contribution in [0.4, 0.5) is 10.6 Å². The molecule has 0 aliphatic carbocycles. The SMILES string of the molecule is CCCCNc1ccc2nc(CCCC)n(Cc3ccc(-c4ccccc4OC(=O)O)cc3)c2n1. The van der Waals surface area contributed by atoms with Gasteiger partial charge >= 0.3 is 6.16 Å². The molecule has 0 radical (unpaired) electrons. The molecule has 0 fully saturated rings. The number of carboxylic acid groups (broad SMARTS) is 1. The molecule has 2 heterocycles. The lowest BCUT2D eigenvalue weighted by molar-refractivity contribution is 0.144. The summed E-state index contributed by atoms with van der Waals surface area (Å²) in [5.41, 5.74) is 4.56. The third kappa shape index (κ3) is 5.98. The number of aromatic nitrogens is 3. The summed E-state index contributed by atoms with van der Waals surface area (Å²) in [4.78, 5) is 20.8. The van der Waals surface area contributed by atoms with E-state index in [2.05, 4.69) is 35.9 Å². The molecule has 2 aromatic heterocycles. The van der Waals surface area contributed by atoms with Crippen molar-refractivity contribution >= 4 is 23.1 Å². The number of fused-ring (bicyclic) bond motifs is 1. The van der Waals surface area contributed by atoms with E-state index in [9.17, 15) is 4.79 Å². The van der Waals surface area contributed by atoms with Crippen molar-refractivity contribution in [3.05, 3.63) is 72.1 Å². The molecule has 4 aromatic rings. The minimum atomic E-state index is -1.32. The predicted octanol–water partition coefficient (Wildman–Crippen LogP) is 6.76. The van der Waals surface area contributed by atoms with E-state index in [-0.39, 0.29) is 0 Å². The van der Waals surface area contributed by atoms with Crippen molar-refractivity contribution in [1.29, 1.82) is 0 Å². The van der Waals surface area contributed by atoms with Crippen molar-refractivity contribution in [2.24, 2.45) is 0 Å². The first-order valence-electron chi connectivity index (χ1n) is 12.3. The molecule has 7 nitrogen and oxygen atoms in total. The number of pyridine rings is 1. The highest BCUT2D eigenvalue weighted by Gasteiger charge is 2.14. The van der Waals surface area contributed by atoms with Crippen LogP contribution in [0.1, 0.15) is 50.9 Å². The Hall–Kier alpha value is -3.87. The van der Waals surface area contributed by atoms with E-state index >= 15 is 0 Å². The molecule has 0 unspecified atom stereocenters. The lowest BCUT2D eigenvalue weighted by Crippen LogP contribution is -2.08. The van der Waals surface area contributed by atoms with E-state index < -0.39 is 6.16 Å². The highest BCUT2D eigenvalue weighted by molar-refractivity contribution is 5.75. The zero-order valence-corrected chi connectivity index (χ0v) is 20.3. The van der Waals surface area contributed by atoms with Crippen LogP contribution in [-0.2, 0) is 13.0 Å². The minimum Gasteiger partial charge on any atom is -0.449 e. The Balaban J connectivity index is 1.63. The van der Waals surface area contributed by atoms with Crippen molar-refractivity contribution in [1.82, 2.24) is 14.5 Å². The standard InChI is InChI=1S/C28H32N4O3/c1-3-5-11-26-30-23-16-17-25(29-18-6-4-2)31-27(23)32(26)19-20-12-14-21(15-13-20)22-9-7-8-10-24(22)35-28(33)34/h7-10,12-17H,3-6,11,18-19H2,1-2H3,(H,29,31)(H,33,34). The summed E-state index contributed by atoms with van der Waals surface area (Å²) in [5, 5.41) is 12.5. The number of carbonyl (C=O) groups is 1. The number of aryl methyl sites for hydroxylation is 1. The van der Waals surface area contributed by atoms with Crippen LogP contribution in [0.15, 0.2) is 60.7 Å². The third-order valence-corrected chi connectivity index (χ3v) is 5.95. The molecule has 0 spiro atoms. The Labute approximate surface area is 205 Å². The zero-order valence-electron chi connectivity index (χ0n) is 20.3. The molecule has 182 valence electrons. The Morgan fingerprint density at radius 1 is 0.971 bits per heavy atom. The summed E-state index contributed by atoms with van der Waals surface area (Å²) in [6, 6.07) is 19.3. The normalized spacial score (nSPS) is 11.0. The van der Waals surface area contributed by atoms with Crippen LogP contribution in [0.5, 0.6) is 5.75 Å². The Morgan fingerprint density at radius 2 is 1.74 bits per heavy atom. The van der Waals surface area contributed by atoms with Gasteiger partial charge < -0.3 is 19.7 Å². The first-order valence-corrected chi connectivity index (χ1v) is 12.3. The summed E-state index contributed by atoms with van der Waals surface area (Å²) in [7, 11) is 0. The second-order valence-corrected chi connectivity index (χ2v) is 8.60. The van der Waals surface area contributed by atoms with Gasteiger partial charge in [-0.2, -0.15) is 0 Å². The molecular weight excluding hydrogens is 440 g/mol. The van der Waals surface area contributed by atoms with E-state index in [1.807, 2.05) is 36.4 Å². The number of para-hydroxylation sites is 1. The van der Waals surface area contributed by atoms with Gasteiger partial charge in [0.25, 0.3) is 0 Å². The molecular formula is C28H32N4O3. The van der Waals surface area contributed by atoms with Gasteiger partial charge in [0, 0.05) is 18.5 Å². The summed E-state index contributed by atoms with van der Waals surface area (Å²) in [6.07, 6.45) is 4.00. The minimum absolute atomic E-state index is 0.322. The van der Waals surface area contributed by atoms with Crippen molar-refractivity contribution in [2.45, 2.75) is 52.5 Å². The van der Waals surface area contributed by atoms with Gasteiger partial charge in [-0.1, -0.05) is 69.2 Å². The molecule has 0 aliphatic rings. The van der Waals surface area contributed by atoms with Crippen LogP contribution in [0, 0.1) is 0 Å². The Kier molecular flexibility index (Phi) is 7.98. The molecule has 0 saturated heterocycles. The van der Waals surface area contributed by atoms with Gasteiger partial charge in [-0.25, -0.2) is 14.8 Å². The Bertz CT molecular complexity index is 1280. The summed E-state index contributed by atoms with van der Waals surface area (Å²) in [5.74, 6) is 2.24. The summed E-state index contributed by atoms with van der Waals surface area (Å²) >= 11 is 0. The van der Waals surface area contributed by atoms with Crippen LogP contribution in [0.25, 0.3) is 22.3 Å². The summed E-state index contributed by atoms with van der Waals surface area (Å²) in [6.45, 7) is 5.93. The maximum absolute atomic E-state index is 11.1. The number of rotatable bonds is 11. The first kappa shape index (κ1) is 24.3. The van der Waals surface area contributed by atoms with Crippen molar-refractivity contribution in [2.75, 3.05) is 11.9 Å². The Morgan fingerprint density at radius 3 is 2.49 bits per heavy atom. The molecule has 2 aromatic carbocycles. The number of ether oxygens (including phenoxy) is 1. The number of imidazole rings is 1. The maximum atomic E-state index is 11.1. The average molecular weight is 473 g/mol. The molecule has 0 atom stereocenters. The number of unbranched alkanes of at least 4 members (excludes halogenated alkanes) is 2. The first-order chi connectivity index (χ1) is 17.1. The molecule has 35 heavy (non-hydrogen) atoms. The quantitative estimate of drug-likeness (QED) is 0.142. The highest BCUT2D eigenvalue weighted by Crippen LogP contribution is 2.30. The van der Waals surface area contributed by atoms with Gasteiger partial charge in [-0.3, -0.25) is 0 Å². The molecule has 0 amide bonds. The second-order valence-electron chi connectivity index (χ2n) is 8.60. The smallest absolute Gasteiger partial charge is 0.449 e. The fraction of sp³-hybridized carbons (Fsp3) is 0.321. The summed E-state index contributed by atoms with van der Waals surface area (Å²) < 4.78 is 7.17. The fourth-order valence-corrected chi connectivity index (χ4v) is 4.09. The average Bonchev–Trinajstić information content (AvgIpc) is 3.20. The van der Waals surface area contributed by atoms with Gasteiger partial charge in [0.05, 0.1) is 6.54 Å². The molecule has 0 bridgehead atoms. The maximum Gasteiger partial charge on any atom is 0.511 e.